The molecule has 0 saturated heterocycles. The van der Waals surface area contributed by atoms with Crippen LogP contribution < -0.4 is 5.32 Å². The quantitative estimate of drug-likeness (QED) is 0.526. The van der Waals surface area contributed by atoms with Gasteiger partial charge in [-0.1, -0.05) is 48.5 Å². The van der Waals surface area contributed by atoms with E-state index in [0.29, 0.717) is 6.54 Å². The average molecular weight is 447 g/mol. The molecule has 1 unspecified atom stereocenters. The normalized spacial score (nSPS) is 16.8. The molecule has 176 valence electrons. The first-order valence-corrected chi connectivity index (χ1v) is 12.2. The second-order valence-electron chi connectivity index (χ2n) is 9.71. The maximum atomic E-state index is 13.4. The van der Waals surface area contributed by atoms with Crippen LogP contribution in [0.5, 0.6) is 0 Å². The summed E-state index contributed by atoms with van der Waals surface area (Å²) >= 11 is 0. The maximum absolute atomic E-state index is 13.4. The summed E-state index contributed by atoms with van der Waals surface area (Å²) in [7, 11) is 4.07. The number of carbonyl (C=O) groups excluding carboxylic acids is 1. The molecule has 4 rings (SSSR count). The van der Waals surface area contributed by atoms with Gasteiger partial charge in [-0.15, -0.1) is 6.58 Å². The Morgan fingerprint density at radius 1 is 1.15 bits per heavy atom. The fourth-order valence-corrected chi connectivity index (χ4v) is 4.75. The lowest BCUT2D eigenvalue weighted by Crippen LogP contribution is -2.41. The van der Waals surface area contributed by atoms with Gasteiger partial charge in [0.15, 0.2) is 0 Å². The highest BCUT2D eigenvalue weighted by atomic mass is 16.2. The van der Waals surface area contributed by atoms with Gasteiger partial charge in [0.05, 0.1) is 12.6 Å². The monoisotopic (exact) mass is 446 g/mol. The van der Waals surface area contributed by atoms with Gasteiger partial charge in [0.1, 0.15) is 0 Å². The van der Waals surface area contributed by atoms with Gasteiger partial charge >= 0.3 is 0 Å². The Bertz CT molecular complexity index is 938. The van der Waals surface area contributed by atoms with Crippen molar-refractivity contribution >= 4 is 11.6 Å². The molecule has 0 radical (unpaired) electrons. The smallest absolute Gasteiger partial charge is 0.242 e. The van der Waals surface area contributed by atoms with Crippen molar-refractivity contribution in [3.63, 3.8) is 0 Å². The maximum Gasteiger partial charge on any atom is 0.242 e. The van der Waals surface area contributed by atoms with E-state index in [1.807, 2.05) is 43.3 Å². The van der Waals surface area contributed by atoms with Crippen LogP contribution in [0, 0.1) is 5.92 Å². The van der Waals surface area contributed by atoms with Crippen molar-refractivity contribution in [2.24, 2.45) is 5.92 Å². The summed E-state index contributed by atoms with van der Waals surface area (Å²) in [4.78, 5) is 20.1. The molecule has 2 aromatic rings. The van der Waals surface area contributed by atoms with Crippen LogP contribution in [0.1, 0.15) is 35.6 Å². The van der Waals surface area contributed by atoms with Crippen molar-refractivity contribution in [1.82, 2.24) is 14.7 Å². The van der Waals surface area contributed by atoms with E-state index in [2.05, 4.69) is 52.0 Å². The van der Waals surface area contributed by atoms with Gasteiger partial charge in [0, 0.05) is 38.4 Å². The van der Waals surface area contributed by atoms with Gasteiger partial charge in [-0.25, -0.2) is 0 Å². The molecule has 0 bridgehead atoms. The van der Waals surface area contributed by atoms with Gasteiger partial charge in [-0.2, -0.15) is 0 Å². The first-order valence-electron chi connectivity index (χ1n) is 12.2. The molecule has 1 atom stereocenters. The van der Waals surface area contributed by atoms with Gasteiger partial charge in [0.25, 0.3) is 0 Å². The fourth-order valence-electron chi connectivity index (χ4n) is 4.75. The topological polar surface area (TPSA) is 38.8 Å². The third-order valence-electron chi connectivity index (χ3n) is 6.80. The minimum Gasteiger partial charge on any atom is -0.376 e. The zero-order valence-corrected chi connectivity index (χ0v) is 20.2. The van der Waals surface area contributed by atoms with Crippen molar-refractivity contribution in [3.8, 4) is 0 Å². The summed E-state index contributed by atoms with van der Waals surface area (Å²) in [5.41, 5.74) is 4.97. The number of hydrogen-bond acceptors (Lipinski definition) is 4. The Morgan fingerprint density at radius 3 is 2.64 bits per heavy atom. The molecular formula is C28H38N4O. The fraction of sp³-hybridized carbons (Fsp3) is 0.464. The van der Waals surface area contributed by atoms with Gasteiger partial charge in [-0.05, 0) is 62.0 Å². The summed E-state index contributed by atoms with van der Waals surface area (Å²) < 4.78 is 0. The second kappa shape index (κ2) is 11.0. The summed E-state index contributed by atoms with van der Waals surface area (Å²) in [6.45, 7) is 9.16. The number of hydrogen-bond donors (Lipinski definition) is 1. The van der Waals surface area contributed by atoms with Gasteiger partial charge < -0.3 is 15.1 Å². The highest BCUT2D eigenvalue weighted by Crippen LogP contribution is 2.33. The number of nitrogens with one attached hydrogen (secondary N) is 1. The van der Waals surface area contributed by atoms with E-state index in [-0.39, 0.29) is 18.5 Å². The Hall–Kier alpha value is -2.63. The van der Waals surface area contributed by atoms with E-state index in [0.717, 1.165) is 43.2 Å². The average Bonchev–Trinajstić information content (AvgIpc) is 3.64. The summed E-state index contributed by atoms with van der Waals surface area (Å²) in [5.74, 6) is 1.01. The molecule has 2 aliphatic rings. The molecule has 1 fully saturated rings. The lowest BCUT2D eigenvalue weighted by molar-refractivity contribution is -0.131. The van der Waals surface area contributed by atoms with Crippen molar-refractivity contribution in [2.75, 3.05) is 52.1 Å². The highest BCUT2D eigenvalue weighted by molar-refractivity contribution is 5.82. The standard InChI is InChI=1S/C28H38N4O/c1-4-27(23-9-6-5-7-10-23)32(18-17-30(2)3)28(33)19-29-26-12-8-11-24-21-31(16-15-25(24)26)20-22-13-14-22/h4-12,22,27,29H,1,13-21H2,2-3H3. The molecular weight excluding hydrogens is 408 g/mol. The molecule has 2 aromatic carbocycles. The Balaban J connectivity index is 1.44. The first-order chi connectivity index (χ1) is 16.0. The summed E-state index contributed by atoms with van der Waals surface area (Å²) in [6, 6.07) is 16.5. The zero-order chi connectivity index (χ0) is 23.2. The zero-order valence-electron chi connectivity index (χ0n) is 20.2. The van der Waals surface area contributed by atoms with Crippen LogP contribution in [0.25, 0.3) is 0 Å². The van der Waals surface area contributed by atoms with Crippen molar-refractivity contribution < 1.29 is 4.79 Å². The number of anilines is 1. The van der Waals surface area contributed by atoms with Crippen molar-refractivity contribution in [1.29, 1.82) is 0 Å². The molecule has 0 spiro atoms. The van der Waals surface area contributed by atoms with E-state index in [1.165, 1.54) is 30.5 Å². The lowest BCUT2D eigenvalue weighted by atomic mass is 9.97. The minimum absolute atomic E-state index is 0.0920. The van der Waals surface area contributed by atoms with E-state index in [9.17, 15) is 4.79 Å². The number of fused-ring (bicyclic) bond motifs is 1. The van der Waals surface area contributed by atoms with Gasteiger partial charge in [-0.3, -0.25) is 9.69 Å². The van der Waals surface area contributed by atoms with Crippen LogP contribution in [-0.2, 0) is 17.8 Å². The lowest BCUT2D eigenvalue weighted by Gasteiger charge is -2.32. The predicted octanol–water partition coefficient (Wildman–Crippen LogP) is 4.18. The third kappa shape index (κ3) is 6.24. The molecule has 5 heteroatoms. The number of benzene rings is 2. The molecule has 1 heterocycles. The third-order valence-corrected chi connectivity index (χ3v) is 6.80. The SMILES string of the molecule is C=CC(c1ccccc1)N(CCN(C)C)C(=O)CNc1cccc2c1CCN(CC1CC1)C2. The molecule has 1 aliphatic carbocycles. The van der Waals surface area contributed by atoms with Crippen molar-refractivity contribution in [3.05, 3.63) is 77.9 Å². The second-order valence-corrected chi connectivity index (χ2v) is 9.71. The van der Waals surface area contributed by atoms with E-state index in [1.54, 1.807) is 0 Å². The van der Waals surface area contributed by atoms with Gasteiger partial charge in [0.2, 0.25) is 5.91 Å². The van der Waals surface area contributed by atoms with Crippen LogP contribution in [0.15, 0.2) is 61.2 Å². The molecule has 1 aliphatic heterocycles. The van der Waals surface area contributed by atoms with E-state index >= 15 is 0 Å². The number of carbonyl (C=O) groups is 1. The van der Waals surface area contributed by atoms with Crippen molar-refractivity contribution in [2.45, 2.75) is 31.8 Å². The van der Waals surface area contributed by atoms with E-state index in [4.69, 9.17) is 0 Å². The van der Waals surface area contributed by atoms with Crippen LogP contribution in [-0.4, -0.2) is 67.4 Å². The van der Waals surface area contributed by atoms with Crippen LogP contribution in [0.2, 0.25) is 0 Å². The molecule has 1 saturated carbocycles. The van der Waals surface area contributed by atoms with E-state index < -0.39 is 0 Å². The number of rotatable bonds is 11. The first kappa shape index (κ1) is 23.5. The highest BCUT2D eigenvalue weighted by Gasteiger charge is 2.27. The number of likely N-dealkylation sites (N-methyl/N-ethyl adjacent to an activating group) is 1. The van der Waals surface area contributed by atoms with Crippen LogP contribution in [0.3, 0.4) is 0 Å². The molecule has 1 N–H and O–H groups in total. The Kier molecular flexibility index (Phi) is 7.84. The number of amides is 1. The molecule has 1 amide bonds. The predicted molar refractivity (Wildman–Crippen MR) is 136 cm³/mol. The summed E-state index contributed by atoms with van der Waals surface area (Å²) in [6.07, 6.45) is 5.71. The Labute approximate surface area is 199 Å². The largest absolute Gasteiger partial charge is 0.376 e. The number of nitrogens with zero attached hydrogens (tertiary/aromatic N) is 3. The Morgan fingerprint density at radius 2 is 1.94 bits per heavy atom. The molecule has 0 aromatic heterocycles. The molecule has 33 heavy (non-hydrogen) atoms. The van der Waals surface area contributed by atoms with Crippen LogP contribution >= 0.6 is 0 Å². The van der Waals surface area contributed by atoms with Crippen LogP contribution in [0.4, 0.5) is 5.69 Å². The minimum atomic E-state index is -0.138. The summed E-state index contributed by atoms with van der Waals surface area (Å²) in [5, 5.41) is 3.48. The molecule has 5 nitrogen and oxygen atoms in total.